The van der Waals surface area contributed by atoms with Gasteiger partial charge in [0.1, 0.15) is 30.3 Å². The van der Waals surface area contributed by atoms with Gasteiger partial charge >= 0.3 is 0 Å². The molecule has 0 aliphatic heterocycles. The van der Waals surface area contributed by atoms with Gasteiger partial charge in [-0.2, -0.15) is 0 Å². The van der Waals surface area contributed by atoms with Crippen molar-refractivity contribution < 1.29 is 14.6 Å². The van der Waals surface area contributed by atoms with Crippen molar-refractivity contribution in [2.75, 3.05) is 39.1 Å². The largest absolute Gasteiger partial charge is 0.497 e. The molecule has 0 saturated carbocycles. The van der Waals surface area contributed by atoms with Crippen molar-refractivity contribution in [2.45, 2.75) is 0 Å². The SMILES string of the molecule is COc1cccc(-c2cn(-c3cccc(OCCNCCO)c3)c3ncnc(N)c23)c1. The molecule has 4 aromatic rings. The summed E-state index contributed by atoms with van der Waals surface area (Å²) >= 11 is 0. The second-order valence-corrected chi connectivity index (χ2v) is 6.92. The fourth-order valence-corrected chi connectivity index (χ4v) is 3.46. The first-order chi connectivity index (χ1) is 15.2. The molecule has 2 heterocycles. The zero-order valence-electron chi connectivity index (χ0n) is 17.3. The summed E-state index contributed by atoms with van der Waals surface area (Å²) in [4.78, 5) is 8.70. The van der Waals surface area contributed by atoms with E-state index in [0.717, 1.165) is 33.7 Å². The number of rotatable bonds is 9. The number of benzene rings is 2. The van der Waals surface area contributed by atoms with Crippen LogP contribution in [0.15, 0.2) is 61.1 Å². The fraction of sp³-hybridized carbons (Fsp3) is 0.217. The van der Waals surface area contributed by atoms with Gasteiger partial charge in [0, 0.05) is 30.9 Å². The molecule has 2 aromatic heterocycles. The van der Waals surface area contributed by atoms with E-state index in [1.807, 2.05) is 59.3 Å². The van der Waals surface area contributed by atoms with Crippen LogP contribution in [0.3, 0.4) is 0 Å². The number of nitrogen functional groups attached to an aromatic ring is 1. The molecule has 0 unspecified atom stereocenters. The van der Waals surface area contributed by atoms with Gasteiger partial charge < -0.3 is 30.2 Å². The molecule has 0 amide bonds. The minimum absolute atomic E-state index is 0.108. The van der Waals surface area contributed by atoms with E-state index >= 15 is 0 Å². The first kappa shape index (κ1) is 20.6. The zero-order chi connectivity index (χ0) is 21.6. The number of anilines is 1. The highest BCUT2D eigenvalue weighted by molar-refractivity contribution is 6.01. The molecule has 0 bridgehead atoms. The Labute approximate surface area is 180 Å². The zero-order valence-corrected chi connectivity index (χ0v) is 17.3. The highest BCUT2D eigenvalue weighted by Gasteiger charge is 2.16. The van der Waals surface area contributed by atoms with E-state index in [1.54, 1.807) is 7.11 Å². The third-order valence-electron chi connectivity index (χ3n) is 4.92. The summed E-state index contributed by atoms with van der Waals surface area (Å²) < 4.78 is 13.2. The lowest BCUT2D eigenvalue weighted by molar-refractivity contribution is 0.276. The minimum Gasteiger partial charge on any atom is -0.497 e. The molecule has 0 aliphatic carbocycles. The van der Waals surface area contributed by atoms with Crippen LogP contribution in [0.25, 0.3) is 27.8 Å². The number of methoxy groups -OCH3 is 1. The Morgan fingerprint density at radius 2 is 1.90 bits per heavy atom. The van der Waals surface area contributed by atoms with E-state index in [1.165, 1.54) is 6.33 Å². The summed E-state index contributed by atoms with van der Waals surface area (Å²) in [5.41, 5.74) is 9.75. The number of nitrogens with two attached hydrogens (primary N) is 1. The first-order valence-electron chi connectivity index (χ1n) is 10.0. The van der Waals surface area contributed by atoms with Crippen LogP contribution in [0, 0.1) is 0 Å². The Hall–Kier alpha value is -3.62. The topological polar surface area (TPSA) is 107 Å². The van der Waals surface area contributed by atoms with Gasteiger partial charge in [-0.05, 0) is 29.8 Å². The van der Waals surface area contributed by atoms with Gasteiger partial charge in [0.2, 0.25) is 0 Å². The lowest BCUT2D eigenvalue weighted by Crippen LogP contribution is -2.23. The minimum atomic E-state index is 0.108. The maximum atomic E-state index is 8.83. The van der Waals surface area contributed by atoms with Gasteiger partial charge in [-0.15, -0.1) is 0 Å². The van der Waals surface area contributed by atoms with Crippen molar-refractivity contribution in [3.05, 3.63) is 61.1 Å². The average Bonchev–Trinajstić information content (AvgIpc) is 3.20. The summed E-state index contributed by atoms with van der Waals surface area (Å²) in [6.07, 6.45) is 3.48. The van der Waals surface area contributed by atoms with E-state index < -0.39 is 0 Å². The lowest BCUT2D eigenvalue weighted by Gasteiger charge is -2.10. The van der Waals surface area contributed by atoms with Gasteiger partial charge in [0.15, 0.2) is 5.65 Å². The van der Waals surface area contributed by atoms with Gasteiger partial charge in [-0.25, -0.2) is 9.97 Å². The molecule has 160 valence electrons. The van der Waals surface area contributed by atoms with Gasteiger partial charge in [-0.3, -0.25) is 0 Å². The van der Waals surface area contributed by atoms with Gasteiger partial charge in [0.05, 0.1) is 24.8 Å². The van der Waals surface area contributed by atoms with Crippen molar-refractivity contribution >= 4 is 16.9 Å². The van der Waals surface area contributed by atoms with Crippen molar-refractivity contribution in [1.29, 1.82) is 0 Å². The van der Waals surface area contributed by atoms with E-state index in [2.05, 4.69) is 15.3 Å². The third kappa shape index (κ3) is 4.45. The molecule has 0 atom stereocenters. The molecule has 0 aliphatic rings. The number of aromatic nitrogens is 3. The Kier molecular flexibility index (Phi) is 6.30. The number of hydrogen-bond donors (Lipinski definition) is 3. The van der Waals surface area contributed by atoms with Crippen LogP contribution in [-0.2, 0) is 0 Å². The predicted octanol–water partition coefficient (Wildman–Crippen LogP) is 2.64. The maximum absolute atomic E-state index is 8.83. The van der Waals surface area contributed by atoms with E-state index in [9.17, 15) is 0 Å². The summed E-state index contributed by atoms with van der Waals surface area (Å²) in [6, 6.07) is 15.6. The Morgan fingerprint density at radius 1 is 1.06 bits per heavy atom. The number of nitrogens with one attached hydrogen (secondary N) is 1. The van der Waals surface area contributed by atoms with Crippen molar-refractivity contribution in [3.8, 4) is 28.3 Å². The quantitative estimate of drug-likeness (QED) is 0.358. The highest BCUT2D eigenvalue weighted by Crippen LogP contribution is 2.35. The standard InChI is InChI=1S/C23H25N5O3/c1-30-18-6-2-4-16(12-18)20-14-28(23-21(20)22(24)26-15-27-23)17-5-3-7-19(13-17)31-11-9-25-8-10-29/h2-7,12-15,25,29H,8-11H2,1H3,(H2,24,26,27). The normalized spacial score (nSPS) is 11.0. The van der Waals surface area contributed by atoms with Crippen LogP contribution in [0.2, 0.25) is 0 Å². The van der Waals surface area contributed by atoms with Crippen LogP contribution in [0.1, 0.15) is 0 Å². The van der Waals surface area contributed by atoms with Crippen molar-refractivity contribution in [2.24, 2.45) is 0 Å². The molecular formula is C23H25N5O3. The molecular weight excluding hydrogens is 394 g/mol. The fourth-order valence-electron chi connectivity index (χ4n) is 3.46. The molecule has 0 radical (unpaired) electrons. The Morgan fingerprint density at radius 3 is 2.74 bits per heavy atom. The Bertz CT molecular complexity index is 1180. The molecule has 8 heteroatoms. The van der Waals surface area contributed by atoms with E-state index in [0.29, 0.717) is 31.2 Å². The number of nitrogens with zero attached hydrogens (tertiary/aromatic N) is 3. The monoisotopic (exact) mass is 419 g/mol. The van der Waals surface area contributed by atoms with Crippen LogP contribution in [-0.4, -0.2) is 53.1 Å². The molecule has 4 rings (SSSR count). The predicted molar refractivity (Wildman–Crippen MR) is 121 cm³/mol. The lowest BCUT2D eigenvalue weighted by atomic mass is 10.1. The van der Waals surface area contributed by atoms with Crippen LogP contribution >= 0.6 is 0 Å². The van der Waals surface area contributed by atoms with E-state index in [-0.39, 0.29) is 6.61 Å². The maximum Gasteiger partial charge on any atom is 0.150 e. The van der Waals surface area contributed by atoms with Crippen molar-refractivity contribution in [1.82, 2.24) is 19.9 Å². The van der Waals surface area contributed by atoms with Crippen LogP contribution in [0.5, 0.6) is 11.5 Å². The van der Waals surface area contributed by atoms with Crippen LogP contribution < -0.4 is 20.5 Å². The van der Waals surface area contributed by atoms with Gasteiger partial charge in [0.25, 0.3) is 0 Å². The number of aliphatic hydroxyl groups excluding tert-OH is 1. The second kappa shape index (κ2) is 9.46. The average molecular weight is 419 g/mol. The van der Waals surface area contributed by atoms with Crippen molar-refractivity contribution in [3.63, 3.8) is 0 Å². The number of aliphatic hydroxyl groups is 1. The second-order valence-electron chi connectivity index (χ2n) is 6.92. The van der Waals surface area contributed by atoms with E-state index in [4.69, 9.17) is 20.3 Å². The summed E-state index contributed by atoms with van der Waals surface area (Å²) in [5, 5.41) is 12.7. The summed E-state index contributed by atoms with van der Waals surface area (Å²) in [5.74, 6) is 1.93. The third-order valence-corrected chi connectivity index (χ3v) is 4.92. The van der Waals surface area contributed by atoms with Gasteiger partial charge in [-0.1, -0.05) is 18.2 Å². The number of hydrogen-bond acceptors (Lipinski definition) is 7. The molecule has 0 spiro atoms. The number of ether oxygens (including phenoxy) is 2. The molecule has 0 fully saturated rings. The van der Waals surface area contributed by atoms with Crippen LogP contribution in [0.4, 0.5) is 5.82 Å². The molecule has 31 heavy (non-hydrogen) atoms. The Balaban J connectivity index is 1.72. The molecule has 8 nitrogen and oxygen atoms in total. The first-order valence-corrected chi connectivity index (χ1v) is 10.0. The highest BCUT2D eigenvalue weighted by atomic mass is 16.5. The summed E-state index contributed by atoms with van der Waals surface area (Å²) in [7, 11) is 1.64. The summed E-state index contributed by atoms with van der Waals surface area (Å²) in [6.45, 7) is 1.81. The molecule has 2 aromatic carbocycles. The molecule has 4 N–H and O–H groups in total. The smallest absolute Gasteiger partial charge is 0.150 e. The number of fused-ring (bicyclic) bond motifs is 1. The molecule has 0 saturated heterocycles.